The maximum Gasteiger partial charge on any atom is 0.410 e. The number of carbonyl (C=O) groups excluding carboxylic acids is 3. The third-order valence-electron chi connectivity index (χ3n) is 12.6. The van der Waals surface area contributed by atoms with Gasteiger partial charge in [0, 0.05) is 44.4 Å². The molecule has 2 aromatic heterocycles. The Morgan fingerprint density at radius 2 is 1.65 bits per heavy atom. The fraction of sp³-hybridized carbons (Fsp3) is 0.787. The van der Waals surface area contributed by atoms with Gasteiger partial charge in [-0.2, -0.15) is 0 Å². The van der Waals surface area contributed by atoms with Gasteiger partial charge in [-0.3, -0.25) is 24.2 Å². The number of nitrogens with one attached hydrogen (secondary N) is 1. The molecule has 5 heterocycles. The minimum absolute atomic E-state index is 0. The van der Waals surface area contributed by atoms with Crippen LogP contribution in [-0.4, -0.2) is 147 Å². The highest BCUT2D eigenvalue weighted by molar-refractivity contribution is 6.00. The number of methoxy groups -OCH3 is 1. The number of likely N-dealkylation sites (N-methyl/N-ethyl adjacent to an activating group) is 1. The highest BCUT2D eigenvalue weighted by atomic mass is 16.7. The lowest BCUT2D eigenvalue weighted by molar-refractivity contribution is -0.295. The summed E-state index contributed by atoms with van der Waals surface area (Å²) in [6.07, 6.45) is 1.92. The number of Topliss-reactive ketones (excluding diaryl/α,β-unsaturated/α-hetero) is 1. The number of hydrogen-bond donors (Lipinski definition) is 2. The predicted octanol–water partition coefficient (Wildman–Crippen LogP) is 7.28. The van der Waals surface area contributed by atoms with Gasteiger partial charge in [-0.15, -0.1) is 5.10 Å². The highest BCUT2D eigenvalue weighted by Crippen LogP contribution is 2.40. The average molecular weight is 894 g/mol. The summed E-state index contributed by atoms with van der Waals surface area (Å²) in [5.41, 5.74) is -0.833. The molecule has 13 atom stereocenters. The fourth-order valence-corrected chi connectivity index (χ4v) is 9.25. The van der Waals surface area contributed by atoms with Gasteiger partial charge in [0.2, 0.25) is 0 Å². The second-order valence-electron chi connectivity index (χ2n) is 17.4. The third kappa shape index (κ3) is 13.3. The molecule has 1 amide bonds. The van der Waals surface area contributed by atoms with Crippen LogP contribution in [0.3, 0.4) is 0 Å². The van der Waals surface area contributed by atoms with Crippen molar-refractivity contribution in [3.05, 3.63) is 30.6 Å². The number of ether oxygens (including phenoxy) is 5. The third-order valence-corrected chi connectivity index (χ3v) is 12.6. The summed E-state index contributed by atoms with van der Waals surface area (Å²) in [5, 5.41) is 23.6. The number of aliphatic hydroxyl groups is 1. The van der Waals surface area contributed by atoms with Gasteiger partial charge in [-0.25, -0.2) is 4.79 Å². The van der Waals surface area contributed by atoms with Gasteiger partial charge in [0.15, 0.2) is 17.7 Å². The fourth-order valence-electron chi connectivity index (χ4n) is 9.25. The van der Waals surface area contributed by atoms with E-state index in [1.54, 1.807) is 29.8 Å². The summed E-state index contributed by atoms with van der Waals surface area (Å²) >= 11 is 0. The SMILES string of the molecule is C.C.C.C.C.CC[C@H]1OC(=O)[C@H](C)C(=O)[C@@H](C)[C@@H](O[C@@H]2OC(C)CC(N(C)C)C2O)[C@](C)(OC)C[C@@H](C)CN[C@H](C)[C@H]2N(CCCCn3cc(-c4ccccn4)nn3)C(=O)O[C@]12C. The number of pyridine rings is 1. The van der Waals surface area contributed by atoms with Gasteiger partial charge >= 0.3 is 12.1 Å². The molecule has 0 aliphatic carbocycles. The van der Waals surface area contributed by atoms with Crippen molar-refractivity contribution in [1.29, 1.82) is 0 Å². The normalized spacial score (nSPS) is 34.0. The van der Waals surface area contributed by atoms with E-state index in [0.29, 0.717) is 51.0 Å². The molecule has 3 saturated heterocycles. The monoisotopic (exact) mass is 894 g/mol. The Hall–Kier alpha value is -3.54. The van der Waals surface area contributed by atoms with Crippen molar-refractivity contribution in [2.45, 2.75) is 191 Å². The maximum atomic E-state index is 14.4. The molecule has 0 aromatic carbocycles. The van der Waals surface area contributed by atoms with Crippen molar-refractivity contribution in [2.75, 3.05) is 34.3 Å². The first-order chi connectivity index (χ1) is 27.4. The minimum atomic E-state index is -1.23. The van der Waals surface area contributed by atoms with Crippen LogP contribution >= 0.6 is 0 Å². The number of aliphatic hydroxyl groups excluding tert-OH is 1. The number of carbonyl (C=O) groups is 3. The molecular weight excluding hydrogens is 807 g/mol. The smallest absolute Gasteiger partial charge is 0.410 e. The Balaban J connectivity index is 0.00000769. The number of rotatable bonds is 11. The lowest BCUT2D eigenvalue weighted by Crippen LogP contribution is -2.61. The summed E-state index contributed by atoms with van der Waals surface area (Å²) in [5.74, 6) is -3.15. The first-order valence-electron chi connectivity index (χ1n) is 20.9. The van der Waals surface area contributed by atoms with Crippen molar-refractivity contribution < 1.29 is 43.2 Å². The van der Waals surface area contributed by atoms with Crippen LogP contribution < -0.4 is 5.32 Å². The van der Waals surface area contributed by atoms with E-state index in [9.17, 15) is 19.5 Å². The van der Waals surface area contributed by atoms with E-state index in [-0.39, 0.29) is 61.2 Å². The van der Waals surface area contributed by atoms with Crippen LogP contribution in [0.5, 0.6) is 0 Å². The summed E-state index contributed by atoms with van der Waals surface area (Å²) in [6, 6.07) is 4.61. The first-order valence-corrected chi connectivity index (χ1v) is 20.9. The second-order valence-corrected chi connectivity index (χ2v) is 17.4. The highest BCUT2D eigenvalue weighted by Gasteiger charge is 2.58. The molecule has 63 heavy (non-hydrogen) atoms. The molecule has 0 bridgehead atoms. The number of esters is 1. The van der Waals surface area contributed by atoms with Crippen LogP contribution in [0.25, 0.3) is 11.4 Å². The van der Waals surface area contributed by atoms with Crippen molar-refractivity contribution in [3.63, 3.8) is 0 Å². The van der Waals surface area contributed by atoms with E-state index in [1.807, 2.05) is 78.0 Å². The largest absolute Gasteiger partial charge is 0.458 e. The number of aromatic nitrogens is 4. The maximum absolute atomic E-state index is 14.4. The number of fused-ring (bicyclic) bond motifs is 1. The van der Waals surface area contributed by atoms with Crippen LogP contribution in [0, 0.1) is 17.8 Å². The molecule has 3 aliphatic rings. The summed E-state index contributed by atoms with van der Waals surface area (Å²) in [6.45, 7) is 16.4. The molecule has 5 rings (SSSR count). The van der Waals surface area contributed by atoms with Crippen LogP contribution in [0.15, 0.2) is 30.6 Å². The van der Waals surface area contributed by atoms with Gasteiger partial charge < -0.3 is 39.0 Å². The van der Waals surface area contributed by atoms with Crippen LogP contribution in [0.4, 0.5) is 4.79 Å². The summed E-state index contributed by atoms with van der Waals surface area (Å²) < 4.78 is 33.3. The van der Waals surface area contributed by atoms with E-state index < -0.39 is 71.5 Å². The van der Waals surface area contributed by atoms with E-state index in [2.05, 4.69) is 27.5 Å². The lowest BCUT2D eigenvalue weighted by Gasteiger charge is -2.46. The van der Waals surface area contributed by atoms with Gasteiger partial charge in [0.05, 0.1) is 35.7 Å². The molecule has 16 heteroatoms. The number of amides is 1. The lowest BCUT2D eigenvalue weighted by atomic mass is 9.78. The van der Waals surface area contributed by atoms with Crippen LogP contribution in [0.2, 0.25) is 0 Å². The standard InChI is InChI=1S/C42H67N7O9.5CH4/c1-12-33-42(8)36(49(40(53)58-42)20-16-15-19-48-24-31(45-46-48)30-17-13-14-18-43-30)29(6)44-23-25(2)22-41(7,54-11)37(27(4)34(50)28(5)38(52)56-33)57-39-35(51)32(47(9)10)21-26(3)55-39;;;;;/h13-14,17-18,24-29,32-33,35-37,39,44,51H,12,15-16,19-23H2,1-11H3;5*1H4/t25-,26?,27-,28-,29-,32?,33-,35?,36-,37-,39+,41-,42-;;;;;/m1...../s1. The quantitative estimate of drug-likeness (QED) is 0.131. The Morgan fingerprint density at radius 3 is 2.25 bits per heavy atom. The number of hydrogen-bond acceptors (Lipinski definition) is 14. The molecule has 2 N–H and O–H groups in total. The van der Waals surface area contributed by atoms with Crippen LogP contribution in [0.1, 0.15) is 125 Å². The number of unbranched alkanes of at least 4 members (excludes halogenated alkanes) is 1. The zero-order valence-corrected chi connectivity index (χ0v) is 36.3. The Bertz CT molecular complexity index is 1680. The first kappa shape index (κ1) is 59.5. The molecule has 0 spiro atoms. The van der Waals surface area contributed by atoms with E-state index >= 15 is 0 Å². The molecule has 16 nitrogen and oxygen atoms in total. The van der Waals surface area contributed by atoms with Crippen LogP contribution in [-0.2, 0) is 39.8 Å². The zero-order valence-electron chi connectivity index (χ0n) is 36.3. The second kappa shape index (κ2) is 25.2. The molecule has 2 aromatic rings. The predicted molar refractivity (Wildman–Crippen MR) is 249 cm³/mol. The number of nitrogens with zero attached hydrogens (tertiary/aromatic N) is 6. The molecule has 0 radical (unpaired) electrons. The Kier molecular flexibility index (Phi) is 23.8. The van der Waals surface area contributed by atoms with Crippen molar-refractivity contribution in [3.8, 4) is 11.4 Å². The zero-order chi connectivity index (χ0) is 42.5. The van der Waals surface area contributed by atoms with Crippen molar-refractivity contribution >= 4 is 17.8 Å². The average Bonchev–Trinajstić information content (AvgIpc) is 3.77. The van der Waals surface area contributed by atoms with Gasteiger partial charge in [-0.1, -0.05) is 69.2 Å². The molecule has 3 fully saturated rings. The van der Waals surface area contributed by atoms with Crippen molar-refractivity contribution in [2.24, 2.45) is 17.8 Å². The molecule has 0 saturated carbocycles. The van der Waals surface area contributed by atoms with E-state index in [1.165, 1.54) is 6.92 Å². The van der Waals surface area contributed by atoms with E-state index in [4.69, 9.17) is 23.7 Å². The molecular formula is C47H87N7O9. The van der Waals surface area contributed by atoms with Gasteiger partial charge in [-0.05, 0) is 105 Å². The van der Waals surface area contributed by atoms with Gasteiger partial charge in [0.1, 0.15) is 23.8 Å². The summed E-state index contributed by atoms with van der Waals surface area (Å²) in [7, 11) is 5.39. The Labute approximate surface area is 380 Å². The summed E-state index contributed by atoms with van der Waals surface area (Å²) in [4.78, 5) is 50.2. The topological polar surface area (TPSA) is 180 Å². The minimum Gasteiger partial charge on any atom is -0.458 e. The van der Waals surface area contributed by atoms with E-state index in [0.717, 1.165) is 12.1 Å². The molecule has 3 unspecified atom stereocenters. The number of aryl methyl sites for hydroxylation is 1. The Morgan fingerprint density at radius 1 is 0.984 bits per heavy atom. The van der Waals surface area contributed by atoms with Crippen molar-refractivity contribution in [1.82, 2.24) is 35.1 Å². The molecule has 364 valence electrons. The molecule has 3 aliphatic heterocycles. The van der Waals surface area contributed by atoms with Gasteiger partial charge in [0.25, 0.3) is 0 Å². The number of cyclic esters (lactones) is 1. The number of ketones is 1.